The van der Waals surface area contributed by atoms with Gasteiger partial charge >= 0.3 is 5.97 Å². The van der Waals surface area contributed by atoms with E-state index >= 15 is 0 Å². The number of non-ortho nitro benzene ring substituents is 1. The molecule has 0 saturated heterocycles. The summed E-state index contributed by atoms with van der Waals surface area (Å²) < 4.78 is 7.22. The van der Waals surface area contributed by atoms with E-state index in [0.29, 0.717) is 26.2 Å². The molecule has 0 spiro atoms. The van der Waals surface area contributed by atoms with Gasteiger partial charge in [0.2, 0.25) is 0 Å². The molecule has 0 fully saturated rings. The van der Waals surface area contributed by atoms with E-state index in [9.17, 15) is 19.7 Å². The number of nitrogens with zero attached hydrogens (tertiary/aromatic N) is 3. The summed E-state index contributed by atoms with van der Waals surface area (Å²) in [5.41, 5.74) is 3.00. The number of hydrogen-bond donors (Lipinski definition) is 0. The van der Waals surface area contributed by atoms with Gasteiger partial charge in [0.15, 0.2) is 4.80 Å². The predicted octanol–water partition coefficient (Wildman–Crippen LogP) is 3.01. The van der Waals surface area contributed by atoms with Gasteiger partial charge in [-0.3, -0.25) is 19.5 Å². The highest BCUT2D eigenvalue weighted by Gasteiger charge is 2.33. The van der Waals surface area contributed by atoms with E-state index in [4.69, 9.17) is 4.74 Å². The van der Waals surface area contributed by atoms with Crippen molar-refractivity contribution in [1.29, 1.82) is 0 Å². The summed E-state index contributed by atoms with van der Waals surface area (Å²) in [6, 6.07) is 12.9. The Kier molecular flexibility index (Phi) is 6.06. The van der Waals surface area contributed by atoms with Crippen LogP contribution in [-0.4, -0.2) is 22.1 Å². The first-order chi connectivity index (χ1) is 15.8. The first-order valence-corrected chi connectivity index (χ1v) is 11.1. The number of allylic oxidation sites excluding steroid dienone is 1. The number of thiazole rings is 1. The number of carbonyl (C=O) groups excluding carboxylic acids is 1. The quantitative estimate of drug-likeness (QED) is 0.329. The minimum absolute atomic E-state index is 0.0253. The third-order valence-electron chi connectivity index (χ3n) is 5.31. The maximum absolute atomic E-state index is 13.5. The fourth-order valence-corrected chi connectivity index (χ4v) is 4.75. The molecule has 168 valence electrons. The monoisotopic (exact) mass is 463 g/mol. The van der Waals surface area contributed by atoms with Crippen molar-refractivity contribution in [1.82, 2.24) is 4.57 Å². The van der Waals surface area contributed by atoms with Crippen molar-refractivity contribution in [3.63, 3.8) is 0 Å². The Labute approximate surface area is 192 Å². The Morgan fingerprint density at radius 3 is 2.45 bits per heavy atom. The number of esters is 1. The summed E-state index contributed by atoms with van der Waals surface area (Å²) in [6.45, 7) is 5.64. The van der Waals surface area contributed by atoms with Crippen LogP contribution in [0.25, 0.3) is 6.08 Å². The van der Waals surface area contributed by atoms with Crippen LogP contribution in [0.3, 0.4) is 0 Å². The molecule has 0 bridgehead atoms. The van der Waals surface area contributed by atoms with Crippen LogP contribution >= 0.6 is 11.3 Å². The van der Waals surface area contributed by atoms with Gasteiger partial charge in [-0.2, -0.15) is 0 Å². The standard InChI is InChI=1S/C24H21N3O5S/c1-4-32-23(29)20-15(3)25-24-26(21(20)17-9-5-14(2)6-10-17)22(28)19(33-24)13-16-7-11-18(12-8-16)27(30)31/h5-13,21H,4H2,1-3H3/b19-13+/t21-/m0/s1. The fraction of sp³-hybridized carbons (Fsp3) is 0.208. The fourth-order valence-electron chi connectivity index (χ4n) is 3.70. The Hall–Kier alpha value is -3.85. The molecule has 4 rings (SSSR count). The lowest BCUT2D eigenvalue weighted by atomic mass is 9.95. The van der Waals surface area contributed by atoms with Crippen LogP contribution in [0.5, 0.6) is 0 Å². The van der Waals surface area contributed by atoms with E-state index < -0.39 is 16.9 Å². The second-order valence-electron chi connectivity index (χ2n) is 7.56. The first-order valence-electron chi connectivity index (χ1n) is 10.3. The maximum atomic E-state index is 13.5. The van der Waals surface area contributed by atoms with E-state index in [1.165, 1.54) is 28.0 Å². The molecule has 33 heavy (non-hydrogen) atoms. The van der Waals surface area contributed by atoms with Gasteiger partial charge in [0.25, 0.3) is 11.2 Å². The van der Waals surface area contributed by atoms with E-state index in [0.717, 1.165) is 11.1 Å². The van der Waals surface area contributed by atoms with Crippen LogP contribution < -0.4 is 14.9 Å². The van der Waals surface area contributed by atoms with Crippen molar-refractivity contribution >= 4 is 29.1 Å². The average molecular weight is 464 g/mol. The number of nitro groups is 1. The molecule has 8 nitrogen and oxygen atoms in total. The lowest BCUT2D eigenvalue weighted by molar-refractivity contribution is -0.384. The van der Waals surface area contributed by atoms with Gasteiger partial charge < -0.3 is 4.74 Å². The van der Waals surface area contributed by atoms with Crippen LogP contribution in [0.2, 0.25) is 0 Å². The Morgan fingerprint density at radius 1 is 1.18 bits per heavy atom. The largest absolute Gasteiger partial charge is 0.463 e. The highest BCUT2D eigenvalue weighted by Crippen LogP contribution is 2.30. The van der Waals surface area contributed by atoms with E-state index in [1.807, 2.05) is 31.2 Å². The smallest absolute Gasteiger partial charge is 0.338 e. The van der Waals surface area contributed by atoms with Gasteiger partial charge in [0, 0.05) is 12.1 Å². The normalized spacial score (nSPS) is 15.7. The van der Waals surface area contributed by atoms with Gasteiger partial charge in [-0.1, -0.05) is 41.2 Å². The second-order valence-corrected chi connectivity index (χ2v) is 8.57. The van der Waals surface area contributed by atoms with Gasteiger partial charge in [-0.15, -0.1) is 0 Å². The summed E-state index contributed by atoms with van der Waals surface area (Å²) in [5, 5.41) is 10.9. The number of fused-ring (bicyclic) bond motifs is 1. The average Bonchev–Trinajstić information content (AvgIpc) is 3.08. The number of hydrogen-bond acceptors (Lipinski definition) is 7. The summed E-state index contributed by atoms with van der Waals surface area (Å²) in [6.07, 6.45) is 1.67. The van der Waals surface area contributed by atoms with Crippen molar-refractivity contribution < 1.29 is 14.5 Å². The number of ether oxygens (including phenoxy) is 1. The molecule has 2 heterocycles. The van der Waals surface area contributed by atoms with E-state index in [1.54, 1.807) is 32.1 Å². The Bertz CT molecular complexity index is 1450. The Balaban J connectivity index is 1.90. The molecule has 0 amide bonds. The zero-order chi connectivity index (χ0) is 23.7. The number of benzene rings is 2. The van der Waals surface area contributed by atoms with Crippen LogP contribution in [0.15, 0.2) is 69.6 Å². The molecule has 9 heteroatoms. The topological polar surface area (TPSA) is 104 Å². The van der Waals surface area contributed by atoms with Crippen molar-refractivity contribution in [3.8, 4) is 0 Å². The molecule has 1 aliphatic heterocycles. The van der Waals surface area contributed by atoms with Crippen LogP contribution in [-0.2, 0) is 9.53 Å². The van der Waals surface area contributed by atoms with Gasteiger partial charge in [0.05, 0.1) is 33.4 Å². The number of carbonyl (C=O) groups is 1. The van der Waals surface area contributed by atoms with Crippen LogP contribution in [0.1, 0.15) is 36.6 Å². The zero-order valence-electron chi connectivity index (χ0n) is 18.3. The molecule has 0 N–H and O–H groups in total. The molecular formula is C24H21N3O5S. The lowest BCUT2D eigenvalue weighted by Gasteiger charge is -2.24. The highest BCUT2D eigenvalue weighted by atomic mass is 32.1. The summed E-state index contributed by atoms with van der Waals surface area (Å²) >= 11 is 1.21. The summed E-state index contributed by atoms with van der Waals surface area (Å²) in [7, 11) is 0. The molecule has 0 aliphatic carbocycles. The van der Waals surface area contributed by atoms with E-state index in [-0.39, 0.29) is 17.9 Å². The van der Waals surface area contributed by atoms with Crippen molar-refractivity contribution in [3.05, 3.63) is 106 Å². The van der Waals surface area contributed by atoms with Crippen LogP contribution in [0, 0.1) is 17.0 Å². The molecule has 1 aromatic heterocycles. The number of nitro benzene ring substituents is 1. The molecule has 0 radical (unpaired) electrons. The van der Waals surface area contributed by atoms with Crippen LogP contribution in [0.4, 0.5) is 5.69 Å². The lowest BCUT2D eigenvalue weighted by Crippen LogP contribution is -2.39. The SMILES string of the molecule is CCOC(=O)C1=C(C)N=c2s/c(=C/c3ccc([N+](=O)[O-])cc3)c(=O)n2[C@H]1c1ccc(C)cc1. The van der Waals surface area contributed by atoms with Crippen molar-refractivity contribution in [2.45, 2.75) is 26.8 Å². The third-order valence-corrected chi connectivity index (χ3v) is 6.29. The first kappa shape index (κ1) is 22.3. The summed E-state index contributed by atoms with van der Waals surface area (Å²) in [5.74, 6) is -0.506. The number of aryl methyl sites for hydroxylation is 1. The van der Waals surface area contributed by atoms with Crippen molar-refractivity contribution in [2.75, 3.05) is 6.61 Å². The van der Waals surface area contributed by atoms with Gasteiger partial charge in [0.1, 0.15) is 0 Å². The summed E-state index contributed by atoms with van der Waals surface area (Å²) in [4.78, 5) is 41.8. The molecule has 0 saturated carbocycles. The zero-order valence-corrected chi connectivity index (χ0v) is 19.1. The minimum atomic E-state index is -0.667. The van der Waals surface area contributed by atoms with Crippen molar-refractivity contribution in [2.24, 2.45) is 4.99 Å². The third kappa shape index (κ3) is 4.27. The second kappa shape index (κ2) is 8.95. The van der Waals surface area contributed by atoms with Gasteiger partial charge in [-0.05, 0) is 50.1 Å². The maximum Gasteiger partial charge on any atom is 0.338 e. The molecule has 1 atom stereocenters. The number of aromatic nitrogens is 1. The molecule has 3 aromatic rings. The molecular weight excluding hydrogens is 442 g/mol. The minimum Gasteiger partial charge on any atom is -0.463 e. The Morgan fingerprint density at radius 2 is 1.85 bits per heavy atom. The number of rotatable bonds is 5. The van der Waals surface area contributed by atoms with E-state index in [2.05, 4.69) is 4.99 Å². The molecule has 2 aromatic carbocycles. The molecule has 1 aliphatic rings. The molecule has 0 unspecified atom stereocenters. The highest BCUT2D eigenvalue weighted by molar-refractivity contribution is 7.07. The predicted molar refractivity (Wildman–Crippen MR) is 125 cm³/mol. The van der Waals surface area contributed by atoms with Gasteiger partial charge in [-0.25, -0.2) is 9.79 Å².